The van der Waals surface area contributed by atoms with Gasteiger partial charge in [0.05, 0.1) is 24.3 Å². The zero-order valence-electron chi connectivity index (χ0n) is 10.1. The summed E-state index contributed by atoms with van der Waals surface area (Å²) in [5.74, 6) is 7.20. The number of nitrogens with two attached hydrogens (primary N) is 1. The van der Waals surface area contributed by atoms with Gasteiger partial charge in [-0.3, -0.25) is 11.3 Å². The molecular formula is C12H15F3N2OS. The van der Waals surface area contributed by atoms with Gasteiger partial charge in [0.1, 0.15) is 0 Å². The molecule has 0 spiro atoms. The van der Waals surface area contributed by atoms with Gasteiger partial charge in [-0.05, 0) is 17.7 Å². The molecule has 2 unspecified atom stereocenters. The molecule has 0 saturated carbocycles. The van der Waals surface area contributed by atoms with Crippen molar-refractivity contribution in [2.45, 2.75) is 18.3 Å². The molecule has 106 valence electrons. The van der Waals surface area contributed by atoms with Crippen LogP contribution >= 0.6 is 11.8 Å². The summed E-state index contributed by atoms with van der Waals surface area (Å²) in [6.07, 6.45) is -4.44. The standard InChI is InChI=1S/C12H15F3N2OS/c13-12(14,15)9-3-1-8(2-4-9)11(17-16)10-7-19-6-5-18-10/h1-4,10-11,17H,5-7,16H2. The van der Waals surface area contributed by atoms with Crippen molar-refractivity contribution in [2.75, 3.05) is 18.1 Å². The Balaban J connectivity index is 2.14. The molecule has 0 bridgehead atoms. The first kappa shape index (κ1) is 14.6. The Labute approximate surface area is 113 Å². The predicted molar refractivity (Wildman–Crippen MR) is 68.6 cm³/mol. The monoisotopic (exact) mass is 292 g/mol. The SMILES string of the molecule is NNC(c1ccc(C(F)(F)F)cc1)C1CSCCO1. The van der Waals surface area contributed by atoms with Crippen LogP contribution in [-0.4, -0.2) is 24.2 Å². The highest BCUT2D eigenvalue weighted by Gasteiger charge is 2.31. The van der Waals surface area contributed by atoms with Crippen molar-refractivity contribution in [3.05, 3.63) is 35.4 Å². The second-order valence-electron chi connectivity index (χ2n) is 4.25. The highest BCUT2D eigenvalue weighted by atomic mass is 32.2. The minimum absolute atomic E-state index is 0.125. The fraction of sp³-hybridized carbons (Fsp3) is 0.500. The van der Waals surface area contributed by atoms with Crippen LogP contribution in [-0.2, 0) is 10.9 Å². The topological polar surface area (TPSA) is 47.3 Å². The highest BCUT2D eigenvalue weighted by Crippen LogP contribution is 2.31. The normalized spacial score (nSPS) is 22.2. The van der Waals surface area contributed by atoms with Crippen LogP contribution in [0, 0.1) is 0 Å². The molecule has 1 aromatic carbocycles. The maximum atomic E-state index is 12.5. The summed E-state index contributed by atoms with van der Waals surface area (Å²) in [5.41, 5.74) is 2.66. The molecule has 3 nitrogen and oxygen atoms in total. The quantitative estimate of drug-likeness (QED) is 0.663. The molecule has 1 fully saturated rings. The lowest BCUT2D eigenvalue weighted by Crippen LogP contribution is -2.41. The van der Waals surface area contributed by atoms with Crippen LogP contribution in [0.25, 0.3) is 0 Å². The third-order valence-corrected chi connectivity index (χ3v) is 4.01. The summed E-state index contributed by atoms with van der Waals surface area (Å²) in [4.78, 5) is 0. The zero-order valence-corrected chi connectivity index (χ0v) is 10.9. The fourth-order valence-electron chi connectivity index (χ4n) is 2.00. The summed E-state index contributed by atoms with van der Waals surface area (Å²) in [5, 5.41) is 0. The number of nitrogens with one attached hydrogen (secondary N) is 1. The second-order valence-corrected chi connectivity index (χ2v) is 5.40. The van der Waals surface area contributed by atoms with Crippen LogP contribution in [0.4, 0.5) is 13.2 Å². The van der Waals surface area contributed by atoms with Gasteiger partial charge in [-0.1, -0.05) is 12.1 Å². The van der Waals surface area contributed by atoms with Gasteiger partial charge in [-0.25, -0.2) is 0 Å². The predicted octanol–water partition coefficient (Wildman–Crippen LogP) is 2.34. The van der Waals surface area contributed by atoms with Gasteiger partial charge in [0.25, 0.3) is 0 Å². The van der Waals surface area contributed by atoms with Gasteiger partial charge >= 0.3 is 6.18 Å². The summed E-state index contributed by atoms with van der Waals surface area (Å²) in [6, 6.07) is 4.71. The molecule has 2 atom stereocenters. The number of thioether (sulfide) groups is 1. The van der Waals surface area contributed by atoms with E-state index >= 15 is 0 Å². The Morgan fingerprint density at radius 2 is 2.00 bits per heavy atom. The lowest BCUT2D eigenvalue weighted by atomic mass is 10.0. The van der Waals surface area contributed by atoms with E-state index in [0.29, 0.717) is 12.2 Å². The van der Waals surface area contributed by atoms with Crippen molar-refractivity contribution in [2.24, 2.45) is 5.84 Å². The molecule has 1 aromatic rings. The Hall–Kier alpha value is -0.760. The van der Waals surface area contributed by atoms with Gasteiger partial charge in [0.15, 0.2) is 0 Å². The molecule has 0 amide bonds. The van der Waals surface area contributed by atoms with Crippen molar-refractivity contribution in [3.8, 4) is 0 Å². The first-order chi connectivity index (χ1) is 9.02. The van der Waals surface area contributed by atoms with Gasteiger partial charge in [-0.2, -0.15) is 24.9 Å². The molecule has 19 heavy (non-hydrogen) atoms. The Kier molecular flexibility index (Phi) is 4.72. The summed E-state index contributed by atoms with van der Waals surface area (Å²) in [6.45, 7) is 0.633. The molecule has 1 aliphatic heterocycles. The number of hydrogen-bond donors (Lipinski definition) is 2. The van der Waals surface area contributed by atoms with E-state index in [1.54, 1.807) is 11.8 Å². The van der Waals surface area contributed by atoms with Gasteiger partial charge in [0, 0.05) is 11.5 Å². The van der Waals surface area contributed by atoms with E-state index in [4.69, 9.17) is 10.6 Å². The van der Waals surface area contributed by atoms with E-state index < -0.39 is 11.7 Å². The van der Waals surface area contributed by atoms with E-state index in [-0.39, 0.29) is 12.1 Å². The van der Waals surface area contributed by atoms with E-state index in [2.05, 4.69) is 5.43 Å². The van der Waals surface area contributed by atoms with Gasteiger partial charge < -0.3 is 4.74 Å². The minimum Gasteiger partial charge on any atom is -0.374 e. The van der Waals surface area contributed by atoms with Gasteiger partial charge in [-0.15, -0.1) is 0 Å². The smallest absolute Gasteiger partial charge is 0.374 e. The first-order valence-corrected chi connectivity index (χ1v) is 7.00. The maximum absolute atomic E-state index is 12.5. The van der Waals surface area contributed by atoms with Crippen molar-refractivity contribution in [1.82, 2.24) is 5.43 Å². The van der Waals surface area contributed by atoms with Crippen LogP contribution in [0.15, 0.2) is 24.3 Å². The molecule has 2 rings (SSSR count). The van der Waals surface area contributed by atoms with Gasteiger partial charge in [0.2, 0.25) is 0 Å². The Bertz CT molecular complexity index is 404. The second kappa shape index (κ2) is 6.13. The number of alkyl halides is 3. The molecule has 7 heteroatoms. The number of rotatable bonds is 3. The number of hydrazine groups is 1. The lowest BCUT2D eigenvalue weighted by molar-refractivity contribution is -0.137. The molecule has 0 radical (unpaired) electrons. The Morgan fingerprint density at radius 3 is 2.47 bits per heavy atom. The average molecular weight is 292 g/mol. The summed E-state index contributed by atoms with van der Waals surface area (Å²) in [7, 11) is 0. The first-order valence-electron chi connectivity index (χ1n) is 5.85. The molecule has 3 N–H and O–H groups in total. The third kappa shape index (κ3) is 3.62. The van der Waals surface area contributed by atoms with E-state index in [1.807, 2.05) is 0 Å². The van der Waals surface area contributed by atoms with Crippen LogP contribution in [0.1, 0.15) is 17.2 Å². The fourth-order valence-corrected chi connectivity index (χ4v) is 2.90. The molecule has 1 aliphatic rings. The molecule has 1 heterocycles. The average Bonchev–Trinajstić information content (AvgIpc) is 2.40. The van der Waals surface area contributed by atoms with Crippen molar-refractivity contribution in [1.29, 1.82) is 0 Å². The zero-order chi connectivity index (χ0) is 13.9. The summed E-state index contributed by atoms with van der Waals surface area (Å²) >= 11 is 1.75. The van der Waals surface area contributed by atoms with Crippen LogP contribution in [0.2, 0.25) is 0 Å². The number of hydrogen-bond acceptors (Lipinski definition) is 4. The molecule has 0 aromatic heterocycles. The van der Waals surface area contributed by atoms with E-state index in [9.17, 15) is 13.2 Å². The number of benzene rings is 1. The Morgan fingerprint density at radius 1 is 1.32 bits per heavy atom. The van der Waals surface area contributed by atoms with Crippen molar-refractivity contribution in [3.63, 3.8) is 0 Å². The number of halogens is 3. The maximum Gasteiger partial charge on any atom is 0.416 e. The van der Waals surface area contributed by atoms with Crippen LogP contribution in [0.5, 0.6) is 0 Å². The number of ether oxygens (including phenoxy) is 1. The van der Waals surface area contributed by atoms with Crippen LogP contribution in [0.3, 0.4) is 0 Å². The molecule has 0 aliphatic carbocycles. The van der Waals surface area contributed by atoms with Crippen LogP contribution < -0.4 is 11.3 Å². The third-order valence-electron chi connectivity index (χ3n) is 2.99. The largest absolute Gasteiger partial charge is 0.416 e. The molecular weight excluding hydrogens is 277 g/mol. The van der Waals surface area contributed by atoms with E-state index in [1.165, 1.54) is 12.1 Å². The summed E-state index contributed by atoms with van der Waals surface area (Å²) < 4.78 is 43.1. The highest BCUT2D eigenvalue weighted by molar-refractivity contribution is 7.99. The lowest BCUT2D eigenvalue weighted by Gasteiger charge is -2.30. The molecule has 1 saturated heterocycles. The minimum atomic E-state index is -4.32. The van der Waals surface area contributed by atoms with Crippen molar-refractivity contribution < 1.29 is 17.9 Å². The van der Waals surface area contributed by atoms with Crippen molar-refractivity contribution >= 4 is 11.8 Å². The van der Waals surface area contributed by atoms with E-state index in [0.717, 1.165) is 23.6 Å².